The zero-order valence-corrected chi connectivity index (χ0v) is 19.7. The molecular weight excluding hydrogens is 453 g/mol. The molecule has 0 spiro atoms. The van der Waals surface area contributed by atoms with Crippen molar-refractivity contribution in [2.24, 2.45) is 0 Å². The molecule has 35 heavy (non-hydrogen) atoms. The Balaban J connectivity index is 1.57. The van der Waals surface area contributed by atoms with E-state index < -0.39 is 11.7 Å². The second-order valence-electron chi connectivity index (χ2n) is 8.84. The molecule has 0 fully saturated rings. The quantitative estimate of drug-likeness (QED) is 0.373. The van der Waals surface area contributed by atoms with Crippen molar-refractivity contribution in [1.29, 1.82) is 0 Å². The van der Waals surface area contributed by atoms with Gasteiger partial charge in [0.1, 0.15) is 12.7 Å². The number of rotatable bonds is 7. The zero-order valence-electron chi connectivity index (χ0n) is 19.7. The number of fused-ring (bicyclic) bond motifs is 1. The number of carbonyl (C=O) groups excluding carboxylic acids is 1. The fourth-order valence-electron chi connectivity index (χ4n) is 4.59. The lowest BCUT2D eigenvalue weighted by Gasteiger charge is -2.27. The monoisotopic (exact) mass is 481 g/mol. The molecule has 2 atom stereocenters. The van der Waals surface area contributed by atoms with Gasteiger partial charge in [-0.15, -0.1) is 0 Å². The van der Waals surface area contributed by atoms with Gasteiger partial charge < -0.3 is 10.1 Å². The number of nitrogens with one attached hydrogen (secondary N) is 1. The van der Waals surface area contributed by atoms with Gasteiger partial charge in [-0.3, -0.25) is 0 Å². The van der Waals surface area contributed by atoms with Gasteiger partial charge in [0, 0.05) is 35.4 Å². The van der Waals surface area contributed by atoms with E-state index in [0.717, 1.165) is 28.5 Å². The Kier molecular flexibility index (Phi) is 7.10. The molecule has 1 unspecified atom stereocenters. The highest BCUT2D eigenvalue weighted by Crippen LogP contribution is 2.44. The second kappa shape index (κ2) is 10.1. The first kappa shape index (κ1) is 24.7. The van der Waals surface area contributed by atoms with E-state index in [-0.39, 0.29) is 16.6 Å². The third-order valence-corrected chi connectivity index (χ3v) is 6.27. The molecule has 182 valence electrons. The SMILES string of the molecule is COC(=O)[N+]1(Cc2ccccc2)C=C(C[C@@H](C)NCc2cccc(C(F)(F)F)c2)c2ccccc21. The van der Waals surface area contributed by atoms with E-state index in [2.05, 4.69) is 5.32 Å². The van der Waals surface area contributed by atoms with Gasteiger partial charge in [0.2, 0.25) is 0 Å². The maximum Gasteiger partial charge on any atom is 0.526 e. The van der Waals surface area contributed by atoms with E-state index in [1.165, 1.54) is 19.2 Å². The van der Waals surface area contributed by atoms with Gasteiger partial charge in [0.15, 0.2) is 5.69 Å². The first-order valence-corrected chi connectivity index (χ1v) is 11.4. The Bertz CT molecular complexity index is 1220. The average molecular weight is 482 g/mol. The number of carbonyl (C=O) groups is 1. The summed E-state index contributed by atoms with van der Waals surface area (Å²) in [5.41, 5.74) is 3.73. The highest BCUT2D eigenvalue weighted by atomic mass is 19.4. The minimum atomic E-state index is -4.37. The Morgan fingerprint density at radius 2 is 1.66 bits per heavy atom. The fraction of sp³-hybridized carbons (Fsp3) is 0.250. The molecule has 0 aliphatic carbocycles. The number of amides is 1. The molecule has 0 aromatic heterocycles. The van der Waals surface area contributed by atoms with Crippen LogP contribution in [0.1, 0.15) is 35.6 Å². The van der Waals surface area contributed by atoms with Gasteiger partial charge in [0.25, 0.3) is 0 Å². The van der Waals surface area contributed by atoms with Gasteiger partial charge in [0.05, 0.1) is 12.7 Å². The Morgan fingerprint density at radius 1 is 0.971 bits per heavy atom. The topological polar surface area (TPSA) is 38.3 Å². The van der Waals surface area contributed by atoms with Gasteiger partial charge in [-0.05, 0) is 31.0 Å². The van der Waals surface area contributed by atoms with Crippen LogP contribution in [0.5, 0.6) is 0 Å². The summed E-state index contributed by atoms with van der Waals surface area (Å²) >= 11 is 0. The van der Waals surface area contributed by atoms with Crippen LogP contribution in [0.4, 0.5) is 23.7 Å². The number of alkyl halides is 3. The molecule has 0 saturated carbocycles. The number of benzene rings is 3. The van der Waals surface area contributed by atoms with E-state index >= 15 is 0 Å². The van der Waals surface area contributed by atoms with Crippen LogP contribution in [0.3, 0.4) is 0 Å². The predicted molar refractivity (Wildman–Crippen MR) is 131 cm³/mol. The van der Waals surface area contributed by atoms with E-state index in [4.69, 9.17) is 4.74 Å². The first-order chi connectivity index (χ1) is 16.7. The van der Waals surface area contributed by atoms with Crippen LogP contribution in [0.2, 0.25) is 0 Å². The number of quaternary nitrogens is 1. The molecule has 1 amide bonds. The Labute approximate surface area is 203 Å². The summed E-state index contributed by atoms with van der Waals surface area (Å²) in [6, 6.07) is 22.9. The molecule has 1 heterocycles. The van der Waals surface area contributed by atoms with Crippen molar-refractivity contribution < 1.29 is 22.7 Å². The van der Waals surface area contributed by atoms with Crippen LogP contribution >= 0.6 is 0 Å². The van der Waals surface area contributed by atoms with Gasteiger partial charge >= 0.3 is 12.3 Å². The smallest absolute Gasteiger partial charge is 0.423 e. The van der Waals surface area contributed by atoms with E-state index in [0.29, 0.717) is 25.1 Å². The van der Waals surface area contributed by atoms with E-state index in [9.17, 15) is 18.0 Å². The van der Waals surface area contributed by atoms with Crippen molar-refractivity contribution in [1.82, 2.24) is 9.80 Å². The van der Waals surface area contributed by atoms with Crippen LogP contribution in [0.15, 0.2) is 85.1 Å². The largest absolute Gasteiger partial charge is 0.526 e. The zero-order chi connectivity index (χ0) is 25.1. The molecule has 3 aromatic rings. The summed E-state index contributed by atoms with van der Waals surface area (Å²) in [4.78, 5) is 13.2. The van der Waals surface area contributed by atoms with Gasteiger partial charge in [-0.1, -0.05) is 60.7 Å². The van der Waals surface area contributed by atoms with Crippen LogP contribution in [0, 0.1) is 0 Å². The molecular formula is C28H28F3N2O2+. The van der Waals surface area contributed by atoms with Crippen molar-refractivity contribution in [3.05, 3.63) is 107 Å². The fourth-order valence-corrected chi connectivity index (χ4v) is 4.59. The molecule has 0 radical (unpaired) electrons. The highest BCUT2D eigenvalue weighted by molar-refractivity contribution is 5.95. The summed E-state index contributed by atoms with van der Waals surface area (Å²) in [6.07, 6.45) is -2.19. The molecule has 1 aliphatic heterocycles. The number of nitrogens with zero attached hydrogens (tertiary/aromatic N) is 1. The summed E-state index contributed by atoms with van der Waals surface area (Å²) in [5, 5.41) is 3.32. The molecule has 1 aliphatic rings. The minimum absolute atomic E-state index is 0.0433. The molecule has 4 nitrogen and oxygen atoms in total. The molecule has 3 aromatic carbocycles. The molecule has 4 rings (SSSR count). The minimum Gasteiger partial charge on any atom is -0.423 e. The van der Waals surface area contributed by atoms with Crippen LogP contribution in [-0.4, -0.2) is 19.2 Å². The van der Waals surface area contributed by atoms with Crippen molar-refractivity contribution in [2.75, 3.05) is 7.11 Å². The molecule has 7 heteroatoms. The first-order valence-electron chi connectivity index (χ1n) is 11.4. The second-order valence-corrected chi connectivity index (χ2v) is 8.84. The number of ether oxygens (including phenoxy) is 1. The lowest BCUT2D eigenvalue weighted by molar-refractivity contribution is -0.137. The third kappa shape index (κ3) is 5.31. The van der Waals surface area contributed by atoms with E-state index in [1.54, 1.807) is 6.07 Å². The van der Waals surface area contributed by atoms with Crippen LogP contribution in [0.25, 0.3) is 5.57 Å². The highest BCUT2D eigenvalue weighted by Gasteiger charge is 2.46. The summed E-state index contributed by atoms with van der Waals surface area (Å²) in [5.74, 6) is 0. The van der Waals surface area contributed by atoms with Gasteiger partial charge in [-0.2, -0.15) is 22.4 Å². The summed E-state index contributed by atoms with van der Waals surface area (Å²) in [7, 11) is 1.39. The lowest BCUT2D eigenvalue weighted by atomic mass is 10.0. The summed E-state index contributed by atoms with van der Waals surface area (Å²) < 4.78 is 44.3. The standard InChI is InChI=1S/C28H28F3N2O2/c1-20(32-17-22-11-8-12-24(16-22)28(29,30)31)15-23-19-33(27(34)35-2,18-21-9-4-3-5-10-21)26-14-7-6-13-25(23)26/h3-14,16,19-20,32H,15,17-18H2,1-2H3/q+1/t20-,33?/m1/s1. The summed E-state index contributed by atoms with van der Waals surface area (Å²) in [6.45, 7) is 2.71. The molecule has 0 bridgehead atoms. The average Bonchev–Trinajstić information content (AvgIpc) is 3.16. The number of hydrogen-bond acceptors (Lipinski definition) is 3. The van der Waals surface area contributed by atoms with Crippen LogP contribution < -0.4 is 9.80 Å². The van der Waals surface area contributed by atoms with E-state index in [1.807, 2.05) is 67.7 Å². The number of para-hydroxylation sites is 1. The lowest BCUT2D eigenvalue weighted by Crippen LogP contribution is -2.47. The third-order valence-electron chi connectivity index (χ3n) is 6.27. The normalized spacial score (nSPS) is 18.0. The number of halogens is 3. The number of hydrogen-bond donors (Lipinski definition) is 1. The van der Waals surface area contributed by atoms with Crippen molar-refractivity contribution >= 4 is 17.4 Å². The molecule has 1 N–H and O–H groups in total. The Morgan fingerprint density at radius 3 is 2.37 bits per heavy atom. The molecule has 0 saturated heterocycles. The van der Waals surface area contributed by atoms with Crippen LogP contribution in [-0.2, 0) is 24.0 Å². The maximum absolute atomic E-state index is 13.2. The maximum atomic E-state index is 13.2. The predicted octanol–water partition coefficient (Wildman–Crippen LogP) is 6.90. The van der Waals surface area contributed by atoms with Crippen molar-refractivity contribution in [3.8, 4) is 0 Å². The number of methoxy groups -OCH3 is 1. The van der Waals surface area contributed by atoms with Gasteiger partial charge in [-0.25, -0.2) is 0 Å². The Hall–Kier alpha value is -3.42. The van der Waals surface area contributed by atoms with Crippen molar-refractivity contribution in [2.45, 2.75) is 38.7 Å². The van der Waals surface area contributed by atoms with Crippen molar-refractivity contribution in [3.63, 3.8) is 0 Å².